The van der Waals surface area contributed by atoms with E-state index in [1.807, 2.05) is 19.9 Å². The molecule has 0 aliphatic heterocycles. The van der Waals surface area contributed by atoms with Gasteiger partial charge in [0.05, 0.1) is 21.8 Å². The summed E-state index contributed by atoms with van der Waals surface area (Å²) in [5, 5.41) is 9.36. The standard InChI is InChI=1S/C16H18ClN3S2/c1-10-11(2)14(7-18)16(21)20(12(10)3)9-19(4)8-13-5-6-15(17)22-13/h5-6H,8-9H2,1-4H3/p+1. The van der Waals surface area contributed by atoms with Gasteiger partial charge in [-0.15, -0.1) is 11.3 Å². The lowest BCUT2D eigenvalue weighted by Crippen LogP contribution is -3.06. The van der Waals surface area contributed by atoms with Gasteiger partial charge in [0.2, 0.25) is 0 Å². The van der Waals surface area contributed by atoms with Crippen LogP contribution in [0, 0.1) is 36.7 Å². The molecule has 0 fully saturated rings. The topological polar surface area (TPSA) is 33.2 Å². The van der Waals surface area contributed by atoms with E-state index >= 15 is 0 Å². The summed E-state index contributed by atoms with van der Waals surface area (Å²) in [6.07, 6.45) is 0. The first kappa shape index (κ1) is 17.2. The van der Waals surface area contributed by atoms with Gasteiger partial charge in [0, 0.05) is 5.69 Å². The first-order valence-corrected chi connectivity index (χ1v) is 8.61. The maximum absolute atomic E-state index is 9.36. The fourth-order valence-corrected chi connectivity index (χ4v) is 4.10. The highest BCUT2D eigenvalue weighted by Gasteiger charge is 2.15. The van der Waals surface area contributed by atoms with Gasteiger partial charge in [-0.2, -0.15) is 5.26 Å². The maximum atomic E-state index is 9.36. The minimum Gasteiger partial charge on any atom is -0.316 e. The average Bonchev–Trinajstić information content (AvgIpc) is 2.87. The zero-order chi connectivity index (χ0) is 16.4. The molecule has 22 heavy (non-hydrogen) atoms. The number of nitrogens with zero attached hydrogens (tertiary/aromatic N) is 2. The van der Waals surface area contributed by atoms with Gasteiger partial charge in [0.1, 0.15) is 17.3 Å². The molecule has 3 nitrogen and oxygen atoms in total. The molecule has 2 heterocycles. The van der Waals surface area contributed by atoms with Crippen molar-refractivity contribution in [1.29, 1.82) is 5.26 Å². The van der Waals surface area contributed by atoms with Crippen molar-refractivity contribution < 1.29 is 4.90 Å². The number of thiophene rings is 1. The van der Waals surface area contributed by atoms with Crippen molar-refractivity contribution in [3.63, 3.8) is 0 Å². The molecule has 0 spiro atoms. The molecule has 0 amide bonds. The Morgan fingerprint density at radius 3 is 2.55 bits per heavy atom. The normalized spacial score (nSPS) is 12.2. The summed E-state index contributed by atoms with van der Waals surface area (Å²) in [5.41, 5.74) is 3.87. The molecular weight excluding hydrogens is 334 g/mol. The first-order chi connectivity index (χ1) is 10.3. The van der Waals surface area contributed by atoms with Crippen molar-refractivity contribution in [2.75, 3.05) is 7.05 Å². The molecule has 1 N–H and O–H groups in total. The fraction of sp³-hybridized carbons (Fsp3) is 0.375. The Labute approximate surface area is 145 Å². The Kier molecular flexibility index (Phi) is 5.41. The number of hydrogen-bond acceptors (Lipinski definition) is 3. The third-order valence-corrected chi connectivity index (χ3v) is 5.64. The van der Waals surface area contributed by atoms with E-state index < -0.39 is 0 Å². The number of nitrogens with one attached hydrogen (secondary N) is 1. The van der Waals surface area contributed by atoms with E-state index in [1.54, 1.807) is 11.3 Å². The van der Waals surface area contributed by atoms with Crippen molar-refractivity contribution in [2.24, 2.45) is 0 Å². The lowest BCUT2D eigenvalue weighted by molar-refractivity contribution is -0.916. The smallest absolute Gasteiger partial charge is 0.157 e. The van der Waals surface area contributed by atoms with E-state index in [0.717, 1.165) is 34.4 Å². The molecule has 0 aliphatic carbocycles. The molecule has 2 aromatic rings. The van der Waals surface area contributed by atoms with E-state index in [0.29, 0.717) is 10.2 Å². The van der Waals surface area contributed by atoms with Crippen molar-refractivity contribution in [3.05, 3.63) is 48.4 Å². The number of nitriles is 1. The van der Waals surface area contributed by atoms with Gasteiger partial charge in [-0.25, -0.2) is 0 Å². The Bertz CT molecular complexity index is 799. The predicted molar refractivity (Wildman–Crippen MR) is 94.1 cm³/mol. The average molecular weight is 353 g/mol. The highest BCUT2D eigenvalue weighted by molar-refractivity contribution is 7.71. The Morgan fingerprint density at radius 1 is 1.32 bits per heavy atom. The summed E-state index contributed by atoms with van der Waals surface area (Å²) in [5.74, 6) is 0. The van der Waals surface area contributed by atoms with Gasteiger partial charge in [-0.3, -0.25) is 4.57 Å². The summed E-state index contributed by atoms with van der Waals surface area (Å²) in [6.45, 7) is 7.69. The molecule has 116 valence electrons. The van der Waals surface area contributed by atoms with Gasteiger partial charge in [0.15, 0.2) is 6.67 Å². The molecule has 0 aromatic carbocycles. The summed E-state index contributed by atoms with van der Waals surface area (Å²) >= 11 is 13.1. The number of halogens is 1. The quantitative estimate of drug-likeness (QED) is 0.855. The lowest BCUT2D eigenvalue weighted by atomic mass is 10.0. The maximum Gasteiger partial charge on any atom is 0.157 e. The number of pyridine rings is 1. The van der Waals surface area contributed by atoms with Crippen LogP contribution in [0.15, 0.2) is 12.1 Å². The van der Waals surface area contributed by atoms with Gasteiger partial charge in [-0.1, -0.05) is 23.8 Å². The van der Waals surface area contributed by atoms with Crippen LogP contribution in [0.3, 0.4) is 0 Å². The minimum atomic E-state index is 0.616. The zero-order valence-electron chi connectivity index (χ0n) is 13.2. The summed E-state index contributed by atoms with van der Waals surface area (Å²) in [6, 6.07) is 6.23. The summed E-state index contributed by atoms with van der Waals surface area (Å²) in [4.78, 5) is 2.54. The molecule has 0 saturated carbocycles. The largest absolute Gasteiger partial charge is 0.316 e. The molecule has 1 unspecified atom stereocenters. The van der Waals surface area contributed by atoms with E-state index in [4.69, 9.17) is 23.8 Å². The van der Waals surface area contributed by atoms with Crippen molar-refractivity contribution in [3.8, 4) is 6.07 Å². The van der Waals surface area contributed by atoms with E-state index in [9.17, 15) is 5.26 Å². The monoisotopic (exact) mass is 352 g/mol. The van der Waals surface area contributed by atoms with E-state index in [1.165, 1.54) is 9.78 Å². The minimum absolute atomic E-state index is 0.616. The van der Waals surface area contributed by atoms with Crippen LogP contribution in [0.5, 0.6) is 0 Å². The van der Waals surface area contributed by atoms with Crippen molar-refractivity contribution in [2.45, 2.75) is 34.0 Å². The number of rotatable bonds is 4. The van der Waals surface area contributed by atoms with Crippen molar-refractivity contribution >= 4 is 35.2 Å². The SMILES string of the molecule is Cc1c(C)c(C)n(C[NH+](C)Cc2ccc(Cl)s2)c(=S)c1C#N. The number of hydrogen-bond donors (Lipinski definition) is 1. The first-order valence-electron chi connectivity index (χ1n) is 7.01. The van der Waals surface area contributed by atoms with E-state index in [-0.39, 0.29) is 0 Å². The van der Waals surface area contributed by atoms with Crippen LogP contribution >= 0.6 is 35.2 Å². The second-order valence-electron chi connectivity index (χ2n) is 5.55. The molecule has 0 radical (unpaired) electrons. The molecule has 0 aliphatic rings. The van der Waals surface area contributed by atoms with Crippen LogP contribution in [0.1, 0.15) is 27.3 Å². The van der Waals surface area contributed by atoms with Crippen LogP contribution in [-0.4, -0.2) is 11.6 Å². The van der Waals surface area contributed by atoms with E-state index in [2.05, 4.69) is 30.7 Å². The lowest BCUT2D eigenvalue weighted by Gasteiger charge is -2.20. The van der Waals surface area contributed by atoms with Crippen LogP contribution in [0.2, 0.25) is 4.34 Å². The third kappa shape index (κ3) is 3.41. The van der Waals surface area contributed by atoms with Gasteiger partial charge in [0.25, 0.3) is 0 Å². The van der Waals surface area contributed by atoms with Gasteiger partial charge < -0.3 is 4.90 Å². The van der Waals surface area contributed by atoms with Gasteiger partial charge in [-0.05, 0) is 44.0 Å². The second-order valence-corrected chi connectivity index (χ2v) is 7.74. The molecule has 1 atom stereocenters. The van der Waals surface area contributed by atoms with Crippen molar-refractivity contribution in [1.82, 2.24) is 4.57 Å². The van der Waals surface area contributed by atoms with Gasteiger partial charge >= 0.3 is 0 Å². The number of quaternary nitrogens is 1. The Morgan fingerprint density at radius 2 is 2.00 bits per heavy atom. The highest BCUT2D eigenvalue weighted by atomic mass is 35.5. The highest BCUT2D eigenvalue weighted by Crippen LogP contribution is 2.21. The van der Waals surface area contributed by atoms with Crippen LogP contribution in [0.25, 0.3) is 0 Å². The molecule has 0 bridgehead atoms. The Balaban J connectivity index is 2.31. The number of aromatic nitrogens is 1. The van der Waals surface area contributed by atoms with Crippen LogP contribution in [0.4, 0.5) is 0 Å². The molecule has 0 saturated heterocycles. The summed E-state index contributed by atoms with van der Waals surface area (Å²) in [7, 11) is 2.12. The second kappa shape index (κ2) is 6.93. The molecule has 2 aromatic heterocycles. The zero-order valence-corrected chi connectivity index (χ0v) is 15.5. The summed E-state index contributed by atoms with van der Waals surface area (Å²) < 4.78 is 3.51. The molecular formula is C16H19ClN3S2+. The molecule has 6 heteroatoms. The molecule has 2 rings (SSSR count). The van der Waals surface area contributed by atoms with Crippen LogP contribution < -0.4 is 4.90 Å². The Hall–Kier alpha value is -1.19. The third-order valence-electron chi connectivity index (χ3n) is 3.99. The predicted octanol–water partition coefficient (Wildman–Crippen LogP) is 3.40. The fourth-order valence-electron chi connectivity index (χ4n) is 2.50. The van der Waals surface area contributed by atoms with Crippen LogP contribution in [-0.2, 0) is 13.2 Å².